The number of carbonyl (C=O) groups excluding carboxylic acids is 2. The first-order valence-corrected chi connectivity index (χ1v) is 4.49. The second-order valence-corrected chi connectivity index (χ2v) is 3.38. The predicted molar refractivity (Wildman–Crippen MR) is 50.9 cm³/mol. The van der Waals surface area contributed by atoms with Crippen molar-refractivity contribution in [2.24, 2.45) is 5.41 Å². The van der Waals surface area contributed by atoms with Gasteiger partial charge in [0, 0.05) is 6.54 Å². The van der Waals surface area contributed by atoms with E-state index in [-0.39, 0.29) is 19.0 Å². The molecule has 0 radical (unpaired) electrons. The minimum Gasteiger partial charge on any atom is -0.448 e. The van der Waals surface area contributed by atoms with Crippen LogP contribution in [0.3, 0.4) is 0 Å². The molecule has 0 saturated carbocycles. The first-order valence-electron chi connectivity index (χ1n) is 4.49. The van der Waals surface area contributed by atoms with Gasteiger partial charge in [-0.25, -0.2) is 4.79 Å². The van der Waals surface area contributed by atoms with Gasteiger partial charge in [-0.15, -0.1) is 0 Å². The van der Waals surface area contributed by atoms with Crippen molar-refractivity contribution in [3.05, 3.63) is 0 Å². The van der Waals surface area contributed by atoms with E-state index in [4.69, 9.17) is 9.84 Å². The fraction of sp³-hybridized carbons (Fsp3) is 0.778. The fourth-order valence-corrected chi connectivity index (χ4v) is 0.679. The summed E-state index contributed by atoms with van der Waals surface area (Å²) >= 11 is 0. The van der Waals surface area contributed by atoms with Crippen LogP contribution in [0.2, 0.25) is 0 Å². The van der Waals surface area contributed by atoms with Gasteiger partial charge >= 0.3 is 6.09 Å². The quantitative estimate of drug-likeness (QED) is 0.674. The van der Waals surface area contributed by atoms with Crippen LogP contribution in [0.15, 0.2) is 0 Å². The molecular formula is C9H17NO4. The fourth-order valence-electron chi connectivity index (χ4n) is 0.679. The molecule has 1 atom stereocenters. The van der Waals surface area contributed by atoms with Gasteiger partial charge < -0.3 is 15.2 Å². The number of ether oxygens (including phenoxy) is 1. The van der Waals surface area contributed by atoms with Crippen LogP contribution < -0.4 is 5.32 Å². The number of amides is 1. The van der Waals surface area contributed by atoms with E-state index < -0.39 is 11.5 Å². The maximum atomic E-state index is 11.1. The Kier molecular flexibility index (Phi) is 5.15. The van der Waals surface area contributed by atoms with Crippen molar-refractivity contribution in [2.75, 3.05) is 19.8 Å². The highest BCUT2D eigenvalue weighted by Gasteiger charge is 2.30. The molecule has 0 rings (SSSR count). The minimum atomic E-state index is -0.995. The van der Waals surface area contributed by atoms with Crippen LogP contribution in [-0.2, 0) is 9.53 Å². The van der Waals surface area contributed by atoms with Crippen LogP contribution in [0.5, 0.6) is 0 Å². The molecule has 14 heavy (non-hydrogen) atoms. The number of aliphatic hydroxyl groups excluding tert-OH is 1. The number of rotatable bonds is 5. The summed E-state index contributed by atoms with van der Waals surface area (Å²) in [6.07, 6.45) is -0.576. The summed E-state index contributed by atoms with van der Waals surface area (Å²) in [4.78, 5) is 22.0. The molecule has 0 aliphatic carbocycles. The number of hydrogen-bond donors (Lipinski definition) is 2. The van der Waals surface area contributed by atoms with E-state index in [0.717, 1.165) is 0 Å². The van der Waals surface area contributed by atoms with Crippen LogP contribution >= 0.6 is 0 Å². The van der Waals surface area contributed by atoms with E-state index in [1.807, 2.05) is 0 Å². The molecule has 0 aliphatic heterocycles. The van der Waals surface area contributed by atoms with Gasteiger partial charge in [-0.3, -0.25) is 4.79 Å². The number of Topliss-reactive ketones (excluding diaryl/α,β-unsaturated/α-hetero) is 1. The molecule has 0 aromatic rings. The van der Waals surface area contributed by atoms with Gasteiger partial charge in [-0.1, -0.05) is 0 Å². The van der Waals surface area contributed by atoms with Crippen molar-refractivity contribution in [1.82, 2.24) is 5.32 Å². The highest BCUT2D eigenvalue weighted by atomic mass is 16.5. The van der Waals surface area contributed by atoms with Crippen molar-refractivity contribution in [3.63, 3.8) is 0 Å². The Morgan fingerprint density at radius 1 is 1.50 bits per heavy atom. The summed E-state index contributed by atoms with van der Waals surface area (Å²) < 4.78 is 4.77. The molecule has 0 fully saturated rings. The Morgan fingerprint density at radius 3 is 2.43 bits per heavy atom. The molecule has 0 aromatic carbocycles. The summed E-state index contributed by atoms with van der Waals surface area (Å²) in [6.45, 7) is 4.70. The normalized spacial score (nSPS) is 14.3. The van der Waals surface area contributed by atoms with Gasteiger partial charge in [-0.2, -0.15) is 0 Å². The molecule has 1 amide bonds. The summed E-state index contributed by atoms with van der Waals surface area (Å²) in [7, 11) is 0. The Bertz CT molecular complexity index is 217. The van der Waals surface area contributed by atoms with Crippen molar-refractivity contribution in [1.29, 1.82) is 0 Å². The zero-order valence-electron chi connectivity index (χ0n) is 8.79. The average Bonchev–Trinajstić information content (AvgIpc) is 2.14. The van der Waals surface area contributed by atoms with Gasteiger partial charge in [0.15, 0.2) is 0 Å². The Hall–Kier alpha value is -1.10. The Balaban J connectivity index is 4.08. The van der Waals surface area contributed by atoms with Crippen molar-refractivity contribution in [2.45, 2.75) is 20.8 Å². The minimum absolute atomic E-state index is 0.106. The van der Waals surface area contributed by atoms with Crippen molar-refractivity contribution >= 4 is 11.9 Å². The third-order valence-electron chi connectivity index (χ3n) is 2.04. The molecule has 5 heteroatoms. The van der Waals surface area contributed by atoms with Gasteiger partial charge in [0.25, 0.3) is 0 Å². The molecule has 82 valence electrons. The molecule has 0 spiro atoms. The van der Waals surface area contributed by atoms with Crippen LogP contribution in [-0.4, -0.2) is 36.7 Å². The third kappa shape index (κ3) is 3.74. The molecular weight excluding hydrogens is 186 g/mol. The van der Waals surface area contributed by atoms with Gasteiger partial charge in [0.05, 0.1) is 12.0 Å². The lowest BCUT2D eigenvalue weighted by molar-refractivity contribution is -0.130. The predicted octanol–water partition coefficient (Wildman–Crippen LogP) is 0.320. The smallest absolute Gasteiger partial charge is 0.407 e. The molecule has 0 aliphatic rings. The first-order chi connectivity index (χ1) is 6.46. The second kappa shape index (κ2) is 5.59. The topological polar surface area (TPSA) is 75.6 Å². The molecule has 5 nitrogen and oxygen atoms in total. The summed E-state index contributed by atoms with van der Waals surface area (Å²) in [5, 5.41) is 11.4. The monoisotopic (exact) mass is 203 g/mol. The molecule has 0 aromatic heterocycles. The highest BCUT2D eigenvalue weighted by Crippen LogP contribution is 2.16. The standard InChI is InChI=1S/C9H17NO4/c1-4-10-8(13)14-6-9(3,5-11)7(2)12/h11H,4-6H2,1-3H3,(H,10,13). The van der Waals surface area contributed by atoms with Gasteiger partial charge in [0.2, 0.25) is 0 Å². The Morgan fingerprint density at radius 2 is 2.07 bits per heavy atom. The van der Waals surface area contributed by atoms with E-state index >= 15 is 0 Å². The first kappa shape index (κ1) is 12.9. The molecule has 2 N–H and O–H groups in total. The van der Waals surface area contributed by atoms with E-state index in [1.54, 1.807) is 13.8 Å². The van der Waals surface area contributed by atoms with Crippen molar-refractivity contribution in [3.8, 4) is 0 Å². The number of aliphatic hydroxyl groups is 1. The van der Waals surface area contributed by atoms with E-state index in [0.29, 0.717) is 6.54 Å². The summed E-state index contributed by atoms with van der Waals surface area (Å²) in [5.41, 5.74) is -0.995. The largest absolute Gasteiger partial charge is 0.448 e. The van der Waals surface area contributed by atoms with E-state index in [9.17, 15) is 9.59 Å². The Labute approximate surface area is 83.4 Å². The summed E-state index contributed by atoms with van der Waals surface area (Å²) in [5.74, 6) is -0.204. The van der Waals surface area contributed by atoms with E-state index in [1.165, 1.54) is 6.92 Å². The number of hydrogen-bond acceptors (Lipinski definition) is 4. The molecule has 0 bridgehead atoms. The van der Waals surface area contributed by atoms with Crippen LogP contribution in [0.4, 0.5) is 4.79 Å². The molecule has 0 saturated heterocycles. The highest BCUT2D eigenvalue weighted by molar-refractivity contribution is 5.82. The van der Waals surface area contributed by atoms with Crippen LogP contribution in [0.25, 0.3) is 0 Å². The SMILES string of the molecule is CCNC(=O)OCC(C)(CO)C(C)=O. The molecule has 1 unspecified atom stereocenters. The lowest BCUT2D eigenvalue weighted by atomic mass is 9.88. The zero-order chi connectivity index (χ0) is 11.2. The van der Waals surface area contributed by atoms with Crippen molar-refractivity contribution < 1.29 is 19.4 Å². The summed E-state index contributed by atoms with van der Waals surface area (Å²) in [6, 6.07) is 0. The van der Waals surface area contributed by atoms with Crippen LogP contribution in [0, 0.1) is 5.41 Å². The lowest BCUT2D eigenvalue weighted by Crippen LogP contribution is -2.37. The number of alkyl carbamates (subject to hydrolysis) is 1. The van der Waals surface area contributed by atoms with Gasteiger partial charge in [-0.05, 0) is 20.8 Å². The lowest BCUT2D eigenvalue weighted by Gasteiger charge is -2.23. The maximum Gasteiger partial charge on any atom is 0.407 e. The number of ketones is 1. The van der Waals surface area contributed by atoms with E-state index in [2.05, 4.69) is 5.32 Å². The third-order valence-corrected chi connectivity index (χ3v) is 2.04. The maximum absolute atomic E-state index is 11.1. The zero-order valence-corrected chi connectivity index (χ0v) is 8.79. The van der Waals surface area contributed by atoms with Crippen LogP contribution in [0.1, 0.15) is 20.8 Å². The van der Waals surface area contributed by atoms with Gasteiger partial charge in [0.1, 0.15) is 12.4 Å². The average molecular weight is 203 g/mol. The second-order valence-electron chi connectivity index (χ2n) is 3.38. The molecule has 0 heterocycles. The number of nitrogens with one attached hydrogen (secondary N) is 1. The number of carbonyl (C=O) groups is 2.